The normalized spacial score (nSPS) is 16.1. The Morgan fingerprint density at radius 1 is 1.00 bits per heavy atom. The van der Waals surface area contributed by atoms with Crippen molar-refractivity contribution in [2.24, 2.45) is 0 Å². The highest BCUT2D eigenvalue weighted by molar-refractivity contribution is 7.15. The number of carbonyl (C=O) groups excluding carboxylic acids is 3. The Morgan fingerprint density at radius 2 is 1.89 bits per heavy atom. The van der Waals surface area contributed by atoms with Crippen molar-refractivity contribution in [1.29, 1.82) is 0 Å². The first-order valence-corrected chi connectivity index (χ1v) is 19.4. The van der Waals surface area contributed by atoms with E-state index in [-0.39, 0.29) is 18.2 Å². The van der Waals surface area contributed by atoms with E-state index in [0.29, 0.717) is 38.3 Å². The van der Waals surface area contributed by atoms with Crippen LogP contribution in [0.5, 0.6) is 0 Å². The Hall–Kier alpha value is -6.37. The summed E-state index contributed by atoms with van der Waals surface area (Å²) in [6, 6.07) is 15.3. The smallest absolute Gasteiger partial charge is 0.255 e. The van der Waals surface area contributed by atoms with Crippen LogP contribution in [-0.4, -0.2) is 62.8 Å². The van der Waals surface area contributed by atoms with Crippen LogP contribution in [0, 0.1) is 18.8 Å². The van der Waals surface area contributed by atoms with Crippen LogP contribution in [0.1, 0.15) is 79.7 Å². The number of nitrogens with zero attached hydrogens (tertiary/aromatic N) is 8. The maximum Gasteiger partial charge on any atom is 0.255 e. The predicted octanol–water partition coefficient (Wildman–Crippen LogP) is 4.51. The lowest BCUT2D eigenvalue weighted by molar-refractivity contribution is -0.136. The van der Waals surface area contributed by atoms with Crippen molar-refractivity contribution in [3.05, 3.63) is 129 Å². The van der Waals surface area contributed by atoms with Crippen molar-refractivity contribution in [3.63, 3.8) is 0 Å². The van der Waals surface area contributed by atoms with Gasteiger partial charge in [-0.3, -0.25) is 28.9 Å². The summed E-state index contributed by atoms with van der Waals surface area (Å²) in [4.78, 5) is 44.5. The van der Waals surface area contributed by atoms with Gasteiger partial charge in [0.1, 0.15) is 23.5 Å². The van der Waals surface area contributed by atoms with Crippen molar-refractivity contribution >= 4 is 34.7 Å². The van der Waals surface area contributed by atoms with Gasteiger partial charge in [-0.15, -0.1) is 21.5 Å². The Bertz CT molecular complexity index is 2540. The number of fused-ring (bicyclic) bond motifs is 4. The van der Waals surface area contributed by atoms with Gasteiger partial charge in [0, 0.05) is 60.8 Å². The van der Waals surface area contributed by atoms with E-state index < -0.39 is 11.9 Å². The molecule has 2 N–H and O–H groups in total. The Morgan fingerprint density at radius 3 is 2.77 bits per heavy atom. The fourth-order valence-electron chi connectivity index (χ4n) is 7.56. The van der Waals surface area contributed by atoms with Crippen molar-refractivity contribution in [2.75, 3.05) is 5.32 Å². The van der Waals surface area contributed by atoms with Crippen molar-refractivity contribution in [3.8, 4) is 16.8 Å². The molecule has 1 saturated heterocycles. The summed E-state index contributed by atoms with van der Waals surface area (Å²) in [5.74, 6) is 7.56. The summed E-state index contributed by atoms with van der Waals surface area (Å²) in [6.07, 6.45) is 9.79. The zero-order valence-corrected chi connectivity index (χ0v) is 31.5. The Kier molecular flexibility index (Phi) is 9.49. The first kappa shape index (κ1) is 35.3. The van der Waals surface area contributed by atoms with Gasteiger partial charge in [-0.25, -0.2) is 4.98 Å². The molecule has 0 radical (unpaired) electrons. The average Bonchev–Trinajstić information content (AvgIpc) is 4.03. The third-order valence-corrected chi connectivity index (χ3v) is 11.6. The lowest BCUT2D eigenvalue weighted by atomic mass is 10.0. The number of rotatable bonds is 10. The summed E-state index contributed by atoms with van der Waals surface area (Å²) in [7, 11) is 0. The highest BCUT2D eigenvalue weighted by atomic mass is 32.1. The van der Waals surface area contributed by atoms with E-state index >= 15 is 0 Å². The molecule has 7 heterocycles. The van der Waals surface area contributed by atoms with Crippen LogP contribution in [0.25, 0.3) is 5.00 Å². The molecule has 4 aromatic heterocycles. The maximum atomic E-state index is 13.2. The van der Waals surface area contributed by atoms with Gasteiger partial charge in [0.25, 0.3) is 5.91 Å². The van der Waals surface area contributed by atoms with Gasteiger partial charge in [0.05, 0.1) is 41.8 Å². The van der Waals surface area contributed by atoms with Crippen LogP contribution in [0.2, 0.25) is 0 Å². The first-order chi connectivity index (χ1) is 27.4. The molecular formula is C41H38N10O4S. The molecule has 3 aliphatic heterocycles. The molecule has 0 aliphatic carbocycles. The second-order valence-electron chi connectivity index (χ2n) is 14.1. The van der Waals surface area contributed by atoms with Crippen LogP contribution in [0.4, 0.5) is 5.69 Å². The van der Waals surface area contributed by atoms with Crippen LogP contribution < -0.4 is 10.6 Å². The number of hydrogen-bond acceptors (Lipinski definition) is 10. The van der Waals surface area contributed by atoms with Crippen LogP contribution in [-0.2, 0) is 60.1 Å². The van der Waals surface area contributed by atoms with E-state index in [4.69, 9.17) is 4.74 Å². The summed E-state index contributed by atoms with van der Waals surface area (Å²) in [6.45, 7) is 5.15. The largest absolute Gasteiger partial charge is 0.379 e. The number of piperidine rings is 1. The van der Waals surface area contributed by atoms with Crippen LogP contribution in [0.3, 0.4) is 0 Å². The van der Waals surface area contributed by atoms with Gasteiger partial charge in [-0.1, -0.05) is 48.2 Å². The minimum atomic E-state index is -0.650. The minimum absolute atomic E-state index is 0.194. The fourth-order valence-corrected chi connectivity index (χ4v) is 8.81. The number of amides is 3. The van der Waals surface area contributed by atoms with Crippen molar-refractivity contribution in [1.82, 2.24) is 44.3 Å². The number of imidazole rings is 1. The number of aromatic nitrogens is 7. The van der Waals surface area contributed by atoms with Gasteiger partial charge in [0.2, 0.25) is 11.8 Å². The molecule has 1 unspecified atom stereocenters. The molecule has 1 fully saturated rings. The lowest BCUT2D eigenvalue weighted by Crippen LogP contribution is -2.52. The van der Waals surface area contributed by atoms with Gasteiger partial charge in [0.15, 0.2) is 5.82 Å². The molecular weight excluding hydrogens is 729 g/mol. The number of anilines is 1. The molecule has 0 saturated carbocycles. The van der Waals surface area contributed by atoms with Crippen molar-refractivity contribution < 1.29 is 19.1 Å². The van der Waals surface area contributed by atoms with Gasteiger partial charge in [-0.05, 0) is 49.4 Å². The molecule has 0 spiro atoms. The van der Waals surface area contributed by atoms with Gasteiger partial charge < -0.3 is 19.5 Å². The maximum absolute atomic E-state index is 13.2. The number of carbonyl (C=O) groups is 3. The molecule has 3 aliphatic rings. The zero-order valence-electron chi connectivity index (χ0n) is 30.7. The second kappa shape index (κ2) is 15.0. The first-order valence-electron chi connectivity index (χ1n) is 18.6. The number of nitrogens with one attached hydrogen (secondary N) is 2. The molecule has 1 atom stereocenters. The van der Waals surface area contributed by atoms with E-state index in [9.17, 15) is 14.4 Å². The summed E-state index contributed by atoms with van der Waals surface area (Å²) < 4.78 is 12.1. The summed E-state index contributed by atoms with van der Waals surface area (Å²) in [5.41, 5.74) is 7.48. The molecule has 0 bridgehead atoms. The number of ether oxygens (including phenoxy) is 1. The highest BCUT2D eigenvalue weighted by Gasteiger charge is 2.40. The van der Waals surface area contributed by atoms with E-state index in [1.807, 2.05) is 54.7 Å². The molecule has 3 amide bonds. The third kappa shape index (κ3) is 7.00. The fraction of sp³-hybridized carbons (Fsp3) is 0.293. The quantitative estimate of drug-likeness (QED) is 0.152. The van der Waals surface area contributed by atoms with Crippen LogP contribution in [0.15, 0.2) is 73.4 Å². The molecule has 14 nitrogen and oxygen atoms in total. The monoisotopic (exact) mass is 766 g/mol. The summed E-state index contributed by atoms with van der Waals surface area (Å²) >= 11 is 1.66. The Labute approximate surface area is 326 Å². The molecule has 56 heavy (non-hydrogen) atoms. The zero-order chi connectivity index (χ0) is 38.2. The molecule has 9 rings (SSSR count). The molecule has 15 heteroatoms. The minimum Gasteiger partial charge on any atom is -0.379 e. The molecule has 2 aromatic carbocycles. The number of imide groups is 1. The van der Waals surface area contributed by atoms with Crippen LogP contribution >= 0.6 is 11.3 Å². The number of aryl methyl sites for hydroxylation is 3. The van der Waals surface area contributed by atoms with Crippen molar-refractivity contribution in [2.45, 2.75) is 78.0 Å². The Balaban J connectivity index is 0.821. The highest BCUT2D eigenvalue weighted by Crippen LogP contribution is 2.37. The van der Waals surface area contributed by atoms with E-state index in [1.165, 1.54) is 11.1 Å². The van der Waals surface area contributed by atoms with Gasteiger partial charge in [-0.2, -0.15) is 5.10 Å². The number of benzene rings is 2. The average molecular weight is 767 g/mol. The van der Waals surface area contributed by atoms with E-state index in [0.717, 1.165) is 75.5 Å². The lowest BCUT2D eigenvalue weighted by Gasteiger charge is -2.29. The van der Waals surface area contributed by atoms with E-state index in [1.54, 1.807) is 22.3 Å². The SMILES string of the molecule is Cc1nnc2n1-c1sc(C#Cc3cnn(CCCn4cnc(CNc5cccc6c5CN(C5CCC(=O)NC5=O)C6=O)c4)c3)c(Cc3ccccc3)c1COC2. The molecule has 282 valence electrons. The predicted molar refractivity (Wildman–Crippen MR) is 207 cm³/mol. The van der Waals surface area contributed by atoms with E-state index in [2.05, 4.69) is 76.2 Å². The topological polar surface area (TPSA) is 154 Å². The second-order valence-corrected chi connectivity index (χ2v) is 15.1. The number of thiophene rings is 1. The third-order valence-electron chi connectivity index (χ3n) is 10.4. The van der Waals surface area contributed by atoms with Gasteiger partial charge >= 0.3 is 0 Å². The summed E-state index contributed by atoms with van der Waals surface area (Å²) in [5, 5.41) is 20.1. The standard InChI is InChI=1S/C41H38N10O4S/c1-26-46-47-37-24-55-23-33-31(17-27-7-3-2-4-8-27)36(56-41(33)51(26)37)13-11-28-18-44-49(20-28)16-6-15-48-21-29(43-25-48)19-42-34-10-5-9-30-32(34)22-50(40(30)54)35-12-14-38(52)45-39(35)53/h2-5,7-10,18,20-21,25,35,42H,6,12,14-17,19,22-24H2,1H3,(H,45,52,53). The number of hydrogen-bond donors (Lipinski definition) is 2. The molecule has 6 aromatic rings.